The molecule has 3 aromatic rings. The molecule has 0 unspecified atom stereocenters. The van der Waals surface area contributed by atoms with Crippen LogP contribution in [0.25, 0.3) is 22.2 Å². The Morgan fingerprint density at radius 1 is 1.00 bits per heavy atom. The predicted octanol–water partition coefficient (Wildman–Crippen LogP) is 3.09. The van der Waals surface area contributed by atoms with Crippen LogP contribution in [0.5, 0.6) is 0 Å². The van der Waals surface area contributed by atoms with Gasteiger partial charge in [-0.05, 0) is 47.4 Å². The number of rotatable bonds is 1. The molecule has 0 saturated carbocycles. The number of fused-ring (bicyclic) bond motifs is 1. The van der Waals surface area contributed by atoms with Gasteiger partial charge in [-0.25, -0.2) is 4.63 Å². The Kier molecular flexibility index (Phi) is 2.30. The number of aryl methyl sites for hydroxylation is 2. The summed E-state index contributed by atoms with van der Waals surface area (Å²) in [6, 6.07) is 9.98. The third-order valence-corrected chi connectivity index (χ3v) is 3.07. The van der Waals surface area contributed by atoms with Crippen molar-refractivity contribution in [2.24, 2.45) is 0 Å². The monoisotopic (exact) mass is 239 g/mol. The molecule has 4 heteroatoms. The summed E-state index contributed by atoms with van der Waals surface area (Å²) in [5, 5.41) is 7.82. The van der Waals surface area contributed by atoms with Gasteiger partial charge in [-0.15, -0.1) is 0 Å². The molecule has 0 amide bonds. The second-order valence-corrected chi connectivity index (χ2v) is 4.52. The van der Waals surface area contributed by atoms with E-state index in [0.717, 1.165) is 16.6 Å². The molecule has 3 rings (SSSR count). The average molecular weight is 239 g/mol. The highest BCUT2D eigenvalue weighted by atomic mass is 16.6. The number of benzene rings is 2. The van der Waals surface area contributed by atoms with Gasteiger partial charge in [-0.3, -0.25) is 0 Å². The minimum Gasteiger partial charge on any atom is -0.399 e. The van der Waals surface area contributed by atoms with Crippen molar-refractivity contribution in [3.63, 3.8) is 0 Å². The number of aromatic nitrogens is 2. The normalized spacial score (nSPS) is 11.0. The quantitative estimate of drug-likeness (QED) is 0.663. The highest BCUT2D eigenvalue weighted by Crippen LogP contribution is 2.31. The molecule has 2 aromatic carbocycles. The Hall–Kier alpha value is -2.36. The lowest BCUT2D eigenvalue weighted by Crippen LogP contribution is -1.90. The number of nitrogen functional groups attached to an aromatic ring is 1. The van der Waals surface area contributed by atoms with Crippen molar-refractivity contribution >= 4 is 16.7 Å². The van der Waals surface area contributed by atoms with E-state index in [1.807, 2.05) is 6.07 Å². The SMILES string of the molecule is Cc1ccc(C)c(-c2cc(N)cc3nonc23)c1. The van der Waals surface area contributed by atoms with Gasteiger partial charge in [0.25, 0.3) is 0 Å². The van der Waals surface area contributed by atoms with Gasteiger partial charge in [0.05, 0.1) is 0 Å². The molecule has 0 fully saturated rings. The lowest BCUT2D eigenvalue weighted by atomic mass is 9.97. The zero-order valence-corrected chi connectivity index (χ0v) is 10.3. The molecule has 0 aliphatic heterocycles. The Bertz CT molecular complexity index is 731. The molecular weight excluding hydrogens is 226 g/mol. The van der Waals surface area contributed by atoms with Gasteiger partial charge in [-0.1, -0.05) is 23.8 Å². The van der Waals surface area contributed by atoms with Gasteiger partial charge in [0, 0.05) is 11.3 Å². The van der Waals surface area contributed by atoms with E-state index in [2.05, 4.69) is 42.4 Å². The summed E-state index contributed by atoms with van der Waals surface area (Å²) in [4.78, 5) is 0. The van der Waals surface area contributed by atoms with Crippen LogP contribution in [0, 0.1) is 13.8 Å². The van der Waals surface area contributed by atoms with Crippen molar-refractivity contribution in [2.45, 2.75) is 13.8 Å². The van der Waals surface area contributed by atoms with E-state index in [9.17, 15) is 0 Å². The standard InChI is InChI=1S/C14H13N3O/c1-8-3-4-9(2)11(5-8)12-6-10(15)7-13-14(12)17-18-16-13/h3-7H,15H2,1-2H3. The van der Waals surface area contributed by atoms with Crippen molar-refractivity contribution in [1.82, 2.24) is 10.3 Å². The molecule has 1 heterocycles. The number of nitrogens with zero attached hydrogens (tertiary/aromatic N) is 2. The van der Waals surface area contributed by atoms with E-state index in [1.165, 1.54) is 11.1 Å². The third kappa shape index (κ3) is 1.62. The molecule has 4 nitrogen and oxygen atoms in total. The summed E-state index contributed by atoms with van der Waals surface area (Å²) in [6.45, 7) is 4.13. The molecule has 0 saturated heterocycles. The number of hydrogen-bond donors (Lipinski definition) is 1. The highest BCUT2D eigenvalue weighted by Gasteiger charge is 2.12. The average Bonchev–Trinajstić information content (AvgIpc) is 2.79. The largest absolute Gasteiger partial charge is 0.399 e. The maximum Gasteiger partial charge on any atom is 0.143 e. The van der Waals surface area contributed by atoms with E-state index < -0.39 is 0 Å². The second kappa shape index (κ2) is 3.84. The van der Waals surface area contributed by atoms with Gasteiger partial charge in [0.1, 0.15) is 11.0 Å². The van der Waals surface area contributed by atoms with E-state index in [0.29, 0.717) is 11.2 Å². The molecule has 18 heavy (non-hydrogen) atoms. The Balaban J connectivity index is 2.37. The maximum absolute atomic E-state index is 5.90. The number of nitrogens with two attached hydrogens (primary N) is 1. The van der Waals surface area contributed by atoms with Crippen molar-refractivity contribution < 1.29 is 4.63 Å². The minimum atomic E-state index is 0.661. The van der Waals surface area contributed by atoms with Crippen LogP contribution < -0.4 is 5.73 Å². The molecule has 0 aliphatic rings. The first kappa shape index (κ1) is 10.8. The van der Waals surface area contributed by atoms with Gasteiger partial charge >= 0.3 is 0 Å². The van der Waals surface area contributed by atoms with Gasteiger partial charge < -0.3 is 5.73 Å². The topological polar surface area (TPSA) is 64.9 Å². The first-order valence-corrected chi connectivity index (χ1v) is 5.74. The fraction of sp³-hybridized carbons (Fsp3) is 0.143. The Labute approximate surface area is 104 Å². The zero-order valence-electron chi connectivity index (χ0n) is 10.3. The van der Waals surface area contributed by atoms with E-state index in [1.54, 1.807) is 6.07 Å². The summed E-state index contributed by atoms with van der Waals surface area (Å²) in [5.41, 5.74) is 12.4. The van der Waals surface area contributed by atoms with Crippen LogP contribution in [0.3, 0.4) is 0 Å². The zero-order chi connectivity index (χ0) is 12.7. The van der Waals surface area contributed by atoms with Crippen LogP contribution >= 0.6 is 0 Å². The minimum absolute atomic E-state index is 0.661. The van der Waals surface area contributed by atoms with E-state index >= 15 is 0 Å². The third-order valence-electron chi connectivity index (χ3n) is 3.07. The number of hydrogen-bond acceptors (Lipinski definition) is 4. The first-order chi connectivity index (χ1) is 8.65. The fourth-order valence-electron chi connectivity index (χ4n) is 2.14. The lowest BCUT2D eigenvalue weighted by Gasteiger charge is -2.08. The van der Waals surface area contributed by atoms with E-state index in [-0.39, 0.29) is 0 Å². The van der Waals surface area contributed by atoms with Gasteiger partial charge in [0.15, 0.2) is 0 Å². The Morgan fingerprint density at radius 2 is 1.83 bits per heavy atom. The van der Waals surface area contributed by atoms with Gasteiger partial charge in [0.2, 0.25) is 0 Å². The molecule has 0 bridgehead atoms. The molecule has 0 atom stereocenters. The fourth-order valence-corrected chi connectivity index (χ4v) is 2.14. The summed E-state index contributed by atoms with van der Waals surface area (Å²) in [5.74, 6) is 0. The molecular formula is C14H13N3O. The van der Waals surface area contributed by atoms with Gasteiger partial charge in [-0.2, -0.15) is 0 Å². The molecule has 0 radical (unpaired) electrons. The predicted molar refractivity (Wildman–Crippen MR) is 71.1 cm³/mol. The summed E-state index contributed by atoms with van der Waals surface area (Å²) >= 11 is 0. The lowest BCUT2D eigenvalue weighted by molar-refractivity contribution is 0.315. The second-order valence-electron chi connectivity index (χ2n) is 4.52. The molecule has 0 aliphatic carbocycles. The molecule has 90 valence electrons. The van der Waals surface area contributed by atoms with Crippen molar-refractivity contribution in [3.8, 4) is 11.1 Å². The van der Waals surface area contributed by atoms with Crippen LogP contribution in [0.15, 0.2) is 35.0 Å². The smallest absolute Gasteiger partial charge is 0.143 e. The summed E-state index contributed by atoms with van der Waals surface area (Å²) in [6.07, 6.45) is 0. The van der Waals surface area contributed by atoms with Crippen LogP contribution in [-0.2, 0) is 0 Å². The highest BCUT2D eigenvalue weighted by molar-refractivity contribution is 5.94. The summed E-state index contributed by atoms with van der Waals surface area (Å²) < 4.78 is 4.80. The van der Waals surface area contributed by atoms with Crippen LogP contribution in [0.4, 0.5) is 5.69 Å². The van der Waals surface area contributed by atoms with Crippen LogP contribution in [0.2, 0.25) is 0 Å². The maximum atomic E-state index is 5.90. The van der Waals surface area contributed by atoms with Crippen molar-refractivity contribution in [3.05, 3.63) is 41.5 Å². The Morgan fingerprint density at radius 3 is 2.67 bits per heavy atom. The van der Waals surface area contributed by atoms with Crippen LogP contribution in [-0.4, -0.2) is 10.3 Å². The molecule has 0 spiro atoms. The molecule has 1 aromatic heterocycles. The number of anilines is 1. The molecule has 2 N–H and O–H groups in total. The van der Waals surface area contributed by atoms with Crippen molar-refractivity contribution in [2.75, 3.05) is 5.73 Å². The van der Waals surface area contributed by atoms with Crippen molar-refractivity contribution in [1.29, 1.82) is 0 Å². The van der Waals surface area contributed by atoms with E-state index in [4.69, 9.17) is 10.4 Å². The summed E-state index contributed by atoms with van der Waals surface area (Å²) in [7, 11) is 0. The van der Waals surface area contributed by atoms with Crippen LogP contribution in [0.1, 0.15) is 11.1 Å². The first-order valence-electron chi connectivity index (χ1n) is 5.74.